The van der Waals surface area contributed by atoms with Crippen molar-refractivity contribution in [2.75, 3.05) is 0 Å². The van der Waals surface area contributed by atoms with E-state index in [1.54, 1.807) is 11.3 Å². The van der Waals surface area contributed by atoms with E-state index in [-0.39, 0.29) is 0 Å². The van der Waals surface area contributed by atoms with Crippen molar-refractivity contribution in [1.29, 1.82) is 0 Å². The average Bonchev–Trinajstić information content (AvgIpc) is 2.85. The van der Waals surface area contributed by atoms with E-state index >= 15 is 0 Å². The molecule has 96 valence electrons. The van der Waals surface area contributed by atoms with Gasteiger partial charge in [0.2, 0.25) is 0 Å². The highest BCUT2D eigenvalue weighted by Gasteiger charge is 2.17. The Morgan fingerprint density at radius 1 is 1.16 bits per heavy atom. The molecule has 0 amide bonds. The molecular formula is C16H13IOS. The molecule has 19 heavy (non-hydrogen) atoms. The molecule has 0 radical (unpaired) electrons. The summed E-state index contributed by atoms with van der Waals surface area (Å²) in [4.78, 5) is 0. The number of aliphatic hydroxyl groups is 1. The van der Waals surface area contributed by atoms with Crippen molar-refractivity contribution in [2.24, 2.45) is 0 Å². The molecule has 0 bridgehead atoms. The highest BCUT2D eigenvalue weighted by atomic mass is 127. The van der Waals surface area contributed by atoms with E-state index in [0.29, 0.717) is 0 Å². The van der Waals surface area contributed by atoms with Crippen LogP contribution in [0, 0.1) is 9.81 Å². The maximum absolute atomic E-state index is 10.7. The van der Waals surface area contributed by atoms with Crippen molar-refractivity contribution < 1.29 is 5.11 Å². The Hall–Kier alpha value is -0.910. The number of thiophene rings is 1. The molecule has 1 atom stereocenters. The fourth-order valence-electron chi connectivity index (χ4n) is 2.40. The minimum absolute atomic E-state index is 0.550. The molecule has 0 saturated heterocycles. The van der Waals surface area contributed by atoms with E-state index in [9.17, 15) is 5.11 Å². The lowest BCUT2D eigenvalue weighted by Crippen LogP contribution is -2.02. The van der Waals surface area contributed by atoms with E-state index in [2.05, 4.69) is 59.8 Å². The molecule has 0 aliphatic heterocycles. The van der Waals surface area contributed by atoms with Gasteiger partial charge in [0.25, 0.3) is 0 Å². The lowest BCUT2D eigenvalue weighted by Gasteiger charge is -2.15. The lowest BCUT2D eigenvalue weighted by molar-refractivity contribution is 0.221. The van der Waals surface area contributed by atoms with Crippen LogP contribution in [-0.4, -0.2) is 5.11 Å². The molecule has 3 aromatic rings. The van der Waals surface area contributed by atoms with Crippen molar-refractivity contribution in [1.82, 2.24) is 0 Å². The Morgan fingerprint density at radius 2 is 1.95 bits per heavy atom. The van der Waals surface area contributed by atoms with Gasteiger partial charge in [-0.2, -0.15) is 0 Å². The molecular weight excluding hydrogens is 367 g/mol. The Balaban J connectivity index is 2.21. The van der Waals surface area contributed by atoms with Gasteiger partial charge in [0.1, 0.15) is 6.10 Å². The standard InChI is InChI=1S/C16H13IOS/c1-10-6-7-11-4-2-3-5-13(11)15(10)16(18)12-8-14(17)19-9-12/h2-9,16,18H,1H3. The van der Waals surface area contributed by atoms with Crippen LogP contribution in [0.5, 0.6) is 0 Å². The van der Waals surface area contributed by atoms with Crippen LogP contribution in [-0.2, 0) is 0 Å². The summed E-state index contributed by atoms with van der Waals surface area (Å²) in [6.07, 6.45) is -0.550. The second kappa shape index (κ2) is 5.23. The van der Waals surface area contributed by atoms with Crippen LogP contribution >= 0.6 is 33.9 Å². The summed E-state index contributed by atoms with van der Waals surface area (Å²) in [5.74, 6) is 0. The van der Waals surface area contributed by atoms with E-state index in [4.69, 9.17) is 0 Å². The fourth-order valence-corrected chi connectivity index (χ4v) is 3.79. The Morgan fingerprint density at radius 3 is 2.68 bits per heavy atom. The number of rotatable bonds is 2. The molecule has 1 unspecified atom stereocenters. The summed E-state index contributed by atoms with van der Waals surface area (Å²) in [5.41, 5.74) is 3.13. The number of fused-ring (bicyclic) bond motifs is 1. The molecule has 0 saturated carbocycles. The second-order valence-corrected chi connectivity index (χ2v) is 7.41. The van der Waals surface area contributed by atoms with E-state index in [0.717, 1.165) is 22.1 Å². The summed E-state index contributed by atoms with van der Waals surface area (Å²) in [7, 11) is 0. The monoisotopic (exact) mass is 380 g/mol. The maximum atomic E-state index is 10.7. The molecule has 3 heteroatoms. The van der Waals surface area contributed by atoms with Crippen LogP contribution in [0.25, 0.3) is 10.8 Å². The smallest absolute Gasteiger partial charge is 0.106 e. The zero-order chi connectivity index (χ0) is 13.4. The Kier molecular flexibility index (Phi) is 3.60. The van der Waals surface area contributed by atoms with Crippen molar-refractivity contribution >= 4 is 44.7 Å². The third-order valence-corrected chi connectivity index (χ3v) is 5.17. The van der Waals surface area contributed by atoms with Crippen LogP contribution in [0.2, 0.25) is 0 Å². The SMILES string of the molecule is Cc1ccc2ccccc2c1C(O)c1csc(I)c1. The molecule has 3 rings (SSSR count). The van der Waals surface area contributed by atoms with Crippen LogP contribution in [0.4, 0.5) is 0 Å². The molecule has 1 nitrogen and oxygen atoms in total. The summed E-state index contributed by atoms with van der Waals surface area (Å²) < 4.78 is 1.20. The summed E-state index contributed by atoms with van der Waals surface area (Å²) in [5, 5.41) is 15.0. The lowest BCUT2D eigenvalue weighted by atomic mass is 9.93. The number of hydrogen-bond acceptors (Lipinski definition) is 2. The van der Waals surface area contributed by atoms with Gasteiger partial charge in [-0.3, -0.25) is 0 Å². The third kappa shape index (κ3) is 2.42. The van der Waals surface area contributed by atoms with E-state index < -0.39 is 6.10 Å². The minimum atomic E-state index is -0.550. The highest BCUT2D eigenvalue weighted by molar-refractivity contribution is 14.1. The van der Waals surface area contributed by atoms with Gasteiger partial charge < -0.3 is 5.11 Å². The summed E-state index contributed by atoms with van der Waals surface area (Å²) in [6, 6.07) is 14.5. The molecule has 0 aliphatic carbocycles. The van der Waals surface area contributed by atoms with Gasteiger partial charge in [-0.25, -0.2) is 0 Å². The topological polar surface area (TPSA) is 20.2 Å². The van der Waals surface area contributed by atoms with E-state index in [1.807, 2.05) is 17.5 Å². The molecule has 0 spiro atoms. The first-order valence-electron chi connectivity index (χ1n) is 6.07. The summed E-state index contributed by atoms with van der Waals surface area (Å²) in [6.45, 7) is 2.06. The predicted molar refractivity (Wildman–Crippen MR) is 89.8 cm³/mol. The van der Waals surface area contributed by atoms with Gasteiger partial charge >= 0.3 is 0 Å². The van der Waals surface area contributed by atoms with Gasteiger partial charge in [-0.15, -0.1) is 11.3 Å². The Labute approximate surface area is 130 Å². The zero-order valence-electron chi connectivity index (χ0n) is 10.4. The van der Waals surface area contributed by atoms with Crippen molar-refractivity contribution in [3.63, 3.8) is 0 Å². The highest BCUT2D eigenvalue weighted by Crippen LogP contribution is 2.33. The average molecular weight is 380 g/mol. The normalized spacial score (nSPS) is 12.8. The molecule has 0 fully saturated rings. The number of benzene rings is 2. The van der Waals surface area contributed by atoms with Gasteiger partial charge in [0.15, 0.2) is 0 Å². The molecule has 1 heterocycles. The largest absolute Gasteiger partial charge is 0.384 e. The van der Waals surface area contributed by atoms with Crippen LogP contribution < -0.4 is 0 Å². The number of halogens is 1. The number of aryl methyl sites for hydroxylation is 1. The third-order valence-electron chi connectivity index (χ3n) is 3.37. The molecule has 1 aromatic heterocycles. The van der Waals surface area contributed by atoms with Crippen molar-refractivity contribution in [3.8, 4) is 0 Å². The van der Waals surface area contributed by atoms with Crippen LogP contribution in [0.15, 0.2) is 47.8 Å². The Bertz CT molecular complexity index is 732. The first-order chi connectivity index (χ1) is 9.16. The zero-order valence-corrected chi connectivity index (χ0v) is 13.4. The number of hydrogen-bond donors (Lipinski definition) is 1. The molecule has 0 aliphatic rings. The van der Waals surface area contributed by atoms with Crippen molar-refractivity contribution in [2.45, 2.75) is 13.0 Å². The second-order valence-electron chi connectivity index (χ2n) is 4.60. The van der Waals surface area contributed by atoms with Gasteiger partial charge in [0, 0.05) is 0 Å². The van der Waals surface area contributed by atoms with Gasteiger partial charge in [-0.05, 0) is 68.4 Å². The summed E-state index contributed by atoms with van der Waals surface area (Å²) >= 11 is 3.95. The quantitative estimate of drug-likeness (QED) is 0.628. The fraction of sp³-hybridized carbons (Fsp3) is 0.125. The predicted octanol–water partition coefficient (Wildman–Crippen LogP) is 4.90. The number of aliphatic hydroxyl groups excluding tert-OH is 1. The van der Waals surface area contributed by atoms with Gasteiger partial charge in [-0.1, -0.05) is 36.4 Å². The maximum Gasteiger partial charge on any atom is 0.106 e. The molecule has 1 N–H and O–H groups in total. The van der Waals surface area contributed by atoms with Crippen LogP contribution in [0.1, 0.15) is 22.8 Å². The first kappa shape index (κ1) is 13.1. The van der Waals surface area contributed by atoms with Crippen molar-refractivity contribution in [3.05, 3.63) is 67.4 Å². The first-order valence-corrected chi connectivity index (χ1v) is 8.03. The van der Waals surface area contributed by atoms with Gasteiger partial charge in [0.05, 0.1) is 2.88 Å². The van der Waals surface area contributed by atoms with E-state index in [1.165, 1.54) is 8.27 Å². The minimum Gasteiger partial charge on any atom is -0.384 e. The molecule has 2 aromatic carbocycles. The van der Waals surface area contributed by atoms with Crippen LogP contribution in [0.3, 0.4) is 0 Å².